The number of rotatable bonds is 4. The second kappa shape index (κ2) is 6.53. The molecular formula is C17H21ClN2O2. The number of nitrogens with one attached hydrogen (secondary N) is 1. The maximum absolute atomic E-state index is 12.0. The van der Waals surface area contributed by atoms with E-state index in [9.17, 15) is 4.79 Å². The Morgan fingerprint density at radius 3 is 2.59 bits per heavy atom. The van der Waals surface area contributed by atoms with Gasteiger partial charge in [0.15, 0.2) is 5.89 Å². The SMILES string of the molecule is Cc1nc(C(C)(C)C)oc1CCC(=O)Nc1ccccc1Cl. The first-order valence-corrected chi connectivity index (χ1v) is 7.66. The summed E-state index contributed by atoms with van der Waals surface area (Å²) < 4.78 is 5.79. The molecule has 118 valence electrons. The third kappa shape index (κ3) is 4.10. The number of amides is 1. The third-order valence-corrected chi connectivity index (χ3v) is 3.59. The van der Waals surface area contributed by atoms with Gasteiger partial charge < -0.3 is 9.73 Å². The first-order valence-electron chi connectivity index (χ1n) is 7.28. The van der Waals surface area contributed by atoms with Crippen molar-refractivity contribution in [3.63, 3.8) is 0 Å². The highest BCUT2D eigenvalue weighted by molar-refractivity contribution is 6.33. The fourth-order valence-electron chi connectivity index (χ4n) is 1.98. The van der Waals surface area contributed by atoms with E-state index < -0.39 is 0 Å². The number of anilines is 1. The lowest BCUT2D eigenvalue weighted by atomic mass is 9.97. The van der Waals surface area contributed by atoms with Gasteiger partial charge in [-0.1, -0.05) is 44.5 Å². The topological polar surface area (TPSA) is 55.1 Å². The van der Waals surface area contributed by atoms with Crippen LogP contribution in [0.2, 0.25) is 5.02 Å². The zero-order valence-corrected chi connectivity index (χ0v) is 14.1. The molecule has 22 heavy (non-hydrogen) atoms. The lowest BCUT2D eigenvalue weighted by Crippen LogP contribution is -2.12. The van der Waals surface area contributed by atoms with Crippen molar-refractivity contribution in [3.8, 4) is 0 Å². The second-order valence-electron chi connectivity index (χ2n) is 6.31. The molecule has 0 aliphatic carbocycles. The van der Waals surface area contributed by atoms with Crippen LogP contribution in [-0.4, -0.2) is 10.9 Å². The molecule has 0 fully saturated rings. The second-order valence-corrected chi connectivity index (χ2v) is 6.71. The van der Waals surface area contributed by atoms with Gasteiger partial charge in [0.05, 0.1) is 16.4 Å². The maximum atomic E-state index is 12.0. The van der Waals surface area contributed by atoms with Crippen LogP contribution in [0.5, 0.6) is 0 Å². The highest BCUT2D eigenvalue weighted by Crippen LogP contribution is 2.25. The molecule has 1 aromatic carbocycles. The van der Waals surface area contributed by atoms with Gasteiger partial charge in [0, 0.05) is 18.3 Å². The van der Waals surface area contributed by atoms with Gasteiger partial charge in [-0.3, -0.25) is 4.79 Å². The third-order valence-electron chi connectivity index (χ3n) is 3.26. The molecule has 1 N–H and O–H groups in total. The zero-order chi connectivity index (χ0) is 16.3. The number of benzene rings is 1. The Morgan fingerprint density at radius 2 is 2.00 bits per heavy atom. The van der Waals surface area contributed by atoms with Crippen molar-refractivity contribution < 1.29 is 9.21 Å². The number of aromatic nitrogens is 1. The molecule has 0 saturated heterocycles. The monoisotopic (exact) mass is 320 g/mol. The molecule has 5 heteroatoms. The standard InChI is InChI=1S/C17H21ClN2O2/c1-11-14(22-16(19-11)17(2,3)4)9-10-15(21)20-13-8-6-5-7-12(13)18/h5-8H,9-10H2,1-4H3,(H,20,21). The number of para-hydroxylation sites is 1. The molecule has 0 radical (unpaired) electrons. The Hall–Kier alpha value is -1.81. The summed E-state index contributed by atoms with van der Waals surface area (Å²) in [4.78, 5) is 16.5. The van der Waals surface area contributed by atoms with E-state index in [4.69, 9.17) is 16.0 Å². The average molecular weight is 321 g/mol. The van der Waals surface area contributed by atoms with Crippen molar-refractivity contribution in [1.29, 1.82) is 0 Å². The summed E-state index contributed by atoms with van der Waals surface area (Å²) >= 11 is 6.02. The number of nitrogens with zero attached hydrogens (tertiary/aromatic N) is 1. The predicted octanol–water partition coefficient (Wildman–Crippen LogP) is 4.51. The van der Waals surface area contributed by atoms with Crippen LogP contribution < -0.4 is 5.32 Å². The van der Waals surface area contributed by atoms with Crippen LogP contribution in [-0.2, 0) is 16.6 Å². The number of carbonyl (C=O) groups excluding carboxylic acids is 1. The van der Waals surface area contributed by atoms with Crippen LogP contribution in [0.4, 0.5) is 5.69 Å². The molecule has 0 saturated carbocycles. The molecule has 2 rings (SSSR count). The zero-order valence-electron chi connectivity index (χ0n) is 13.4. The van der Waals surface area contributed by atoms with Crippen LogP contribution in [0.3, 0.4) is 0 Å². The number of halogens is 1. The minimum Gasteiger partial charge on any atom is -0.445 e. The summed E-state index contributed by atoms with van der Waals surface area (Å²) in [5.41, 5.74) is 1.33. The molecule has 4 nitrogen and oxygen atoms in total. The molecule has 0 atom stereocenters. The highest BCUT2D eigenvalue weighted by atomic mass is 35.5. The number of oxazole rings is 1. The van der Waals surface area contributed by atoms with Gasteiger partial charge >= 0.3 is 0 Å². The number of hydrogen-bond acceptors (Lipinski definition) is 3. The maximum Gasteiger partial charge on any atom is 0.224 e. The summed E-state index contributed by atoms with van der Waals surface area (Å²) in [5.74, 6) is 1.37. The summed E-state index contributed by atoms with van der Waals surface area (Å²) in [6.45, 7) is 8.05. The molecule has 0 aliphatic heterocycles. The van der Waals surface area contributed by atoms with Gasteiger partial charge in [0.25, 0.3) is 0 Å². The first kappa shape index (κ1) is 16.6. The van der Waals surface area contributed by atoms with Crippen LogP contribution >= 0.6 is 11.6 Å². The van der Waals surface area contributed by atoms with E-state index in [0.29, 0.717) is 29.4 Å². The smallest absolute Gasteiger partial charge is 0.224 e. The average Bonchev–Trinajstić information content (AvgIpc) is 2.80. The minimum absolute atomic E-state index is 0.0961. The largest absolute Gasteiger partial charge is 0.445 e. The molecule has 0 aliphatic rings. The fraction of sp³-hybridized carbons (Fsp3) is 0.412. The Morgan fingerprint density at radius 1 is 1.32 bits per heavy atom. The molecule has 1 amide bonds. The summed E-state index contributed by atoms with van der Waals surface area (Å²) in [6, 6.07) is 7.17. The van der Waals surface area contributed by atoms with Gasteiger partial charge in [0.2, 0.25) is 5.91 Å². The molecule has 0 spiro atoms. The van der Waals surface area contributed by atoms with E-state index >= 15 is 0 Å². The Kier molecular flexibility index (Phi) is 4.91. The Balaban J connectivity index is 1.97. The van der Waals surface area contributed by atoms with Crippen molar-refractivity contribution in [2.24, 2.45) is 0 Å². The molecule has 2 aromatic rings. The van der Waals surface area contributed by atoms with Gasteiger partial charge in [-0.15, -0.1) is 0 Å². The predicted molar refractivity (Wildman–Crippen MR) is 88.3 cm³/mol. The summed E-state index contributed by atoms with van der Waals surface area (Å²) in [7, 11) is 0. The van der Waals surface area contributed by atoms with Crippen LogP contribution in [0, 0.1) is 6.92 Å². The fourth-order valence-corrected chi connectivity index (χ4v) is 2.17. The van der Waals surface area contributed by atoms with E-state index in [0.717, 1.165) is 11.5 Å². The van der Waals surface area contributed by atoms with Crippen molar-refractivity contribution in [2.75, 3.05) is 5.32 Å². The minimum atomic E-state index is -0.136. The first-order chi connectivity index (χ1) is 10.3. The lowest BCUT2D eigenvalue weighted by molar-refractivity contribution is -0.116. The highest BCUT2D eigenvalue weighted by Gasteiger charge is 2.22. The van der Waals surface area contributed by atoms with E-state index in [1.807, 2.05) is 39.8 Å². The van der Waals surface area contributed by atoms with Crippen LogP contribution in [0.1, 0.15) is 44.5 Å². The quantitative estimate of drug-likeness (QED) is 0.902. The van der Waals surface area contributed by atoms with Gasteiger partial charge in [0.1, 0.15) is 5.76 Å². The van der Waals surface area contributed by atoms with E-state index in [1.165, 1.54) is 0 Å². The summed E-state index contributed by atoms with van der Waals surface area (Å²) in [5, 5.41) is 3.33. The Labute approximate surface area is 135 Å². The van der Waals surface area contributed by atoms with Gasteiger partial charge in [-0.2, -0.15) is 0 Å². The van der Waals surface area contributed by atoms with E-state index in [1.54, 1.807) is 12.1 Å². The molecule has 1 heterocycles. The van der Waals surface area contributed by atoms with Crippen molar-refractivity contribution in [2.45, 2.75) is 46.0 Å². The number of carbonyl (C=O) groups is 1. The molecule has 0 unspecified atom stereocenters. The van der Waals surface area contributed by atoms with Crippen molar-refractivity contribution >= 4 is 23.2 Å². The Bertz CT molecular complexity index is 672. The van der Waals surface area contributed by atoms with Crippen LogP contribution in [0.15, 0.2) is 28.7 Å². The summed E-state index contributed by atoms with van der Waals surface area (Å²) in [6.07, 6.45) is 0.843. The number of aryl methyl sites for hydroxylation is 2. The van der Waals surface area contributed by atoms with Gasteiger partial charge in [-0.25, -0.2) is 4.98 Å². The number of hydrogen-bond donors (Lipinski definition) is 1. The molecular weight excluding hydrogens is 300 g/mol. The van der Waals surface area contributed by atoms with Gasteiger partial charge in [-0.05, 0) is 19.1 Å². The van der Waals surface area contributed by atoms with E-state index in [-0.39, 0.29) is 11.3 Å². The van der Waals surface area contributed by atoms with Crippen LogP contribution in [0.25, 0.3) is 0 Å². The van der Waals surface area contributed by atoms with E-state index in [2.05, 4.69) is 10.3 Å². The molecule has 1 aromatic heterocycles. The van der Waals surface area contributed by atoms with Crippen molar-refractivity contribution in [1.82, 2.24) is 4.98 Å². The van der Waals surface area contributed by atoms with Crippen molar-refractivity contribution in [3.05, 3.63) is 46.6 Å². The normalized spacial score (nSPS) is 11.5. The lowest BCUT2D eigenvalue weighted by Gasteiger charge is -2.12. The molecule has 0 bridgehead atoms.